The van der Waals surface area contributed by atoms with Crippen LogP contribution in [0.3, 0.4) is 0 Å². The summed E-state index contributed by atoms with van der Waals surface area (Å²) in [5.74, 6) is -3.58. The summed E-state index contributed by atoms with van der Waals surface area (Å²) in [4.78, 5) is 59.7. The molecule has 2 aliphatic heterocycles. The molecule has 0 radical (unpaired) electrons. The Morgan fingerprint density at radius 3 is 2.62 bits per heavy atom. The molecule has 5 amide bonds. The molecule has 0 bridgehead atoms. The lowest BCUT2D eigenvalue weighted by molar-refractivity contribution is -0.130. The molecule has 122 valence electrons. The summed E-state index contributed by atoms with van der Waals surface area (Å²) < 4.78 is 5.16. The van der Waals surface area contributed by atoms with Crippen LogP contribution < -0.4 is 15.8 Å². The summed E-state index contributed by atoms with van der Waals surface area (Å²) >= 11 is 0. The van der Waals surface area contributed by atoms with E-state index in [0.717, 1.165) is 11.0 Å². The molecule has 0 spiro atoms. The lowest BCUT2D eigenvalue weighted by Crippen LogP contribution is -2.51. The van der Waals surface area contributed by atoms with Crippen molar-refractivity contribution in [2.24, 2.45) is 5.73 Å². The van der Waals surface area contributed by atoms with Gasteiger partial charge in [-0.3, -0.25) is 34.2 Å². The monoisotopic (exact) mass is 329 g/mol. The number of fused-ring (bicyclic) bond motifs is 1. The van der Waals surface area contributed by atoms with Gasteiger partial charge in [-0.2, -0.15) is 0 Å². The molecule has 1 unspecified atom stereocenters. The number of hydrogen-bond donors (Lipinski definition) is 2. The van der Waals surface area contributed by atoms with Crippen molar-refractivity contribution >= 4 is 29.5 Å². The molecule has 2 heterocycles. The number of carbonyl (C=O) groups excluding carboxylic acids is 5. The maximum Gasteiger partial charge on any atom is 0.266 e. The third-order valence-electron chi connectivity index (χ3n) is 3.50. The Balaban J connectivity index is 1.98. The third kappa shape index (κ3) is 2.41. The summed E-state index contributed by atoms with van der Waals surface area (Å²) in [5.41, 5.74) is 4.99. The first-order chi connectivity index (χ1) is 11.4. The first-order valence-electron chi connectivity index (χ1n) is 6.85. The van der Waals surface area contributed by atoms with Gasteiger partial charge < -0.3 is 10.5 Å². The first kappa shape index (κ1) is 15.4. The van der Waals surface area contributed by atoms with Gasteiger partial charge in [0, 0.05) is 6.08 Å². The number of primary amides is 1. The van der Waals surface area contributed by atoms with E-state index in [1.165, 1.54) is 24.3 Å². The molecule has 3 rings (SSSR count). The minimum absolute atomic E-state index is 0.0171. The van der Waals surface area contributed by atoms with Gasteiger partial charge in [0.05, 0.1) is 11.1 Å². The van der Waals surface area contributed by atoms with Crippen molar-refractivity contribution in [2.75, 3.05) is 6.61 Å². The van der Waals surface area contributed by atoms with Crippen molar-refractivity contribution in [3.05, 3.63) is 41.5 Å². The second kappa shape index (κ2) is 5.61. The van der Waals surface area contributed by atoms with E-state index in [1.807, 2.05) is 5.32 Å². The lowest BCUT2D eigenvalue weighted by Gasteiger charge is -2.24. The van der Waals surface area contributed by atoms with Crippen molar-refractivity contribution in [1.29, 1.82) is 0 Å². The number of rotatable bonds is 4. The zero-order chi connectivity index (χ0) is 17.4. The highest BCUT2D eigenvalue weighted by molar-refractivity contribution is 6.25. The number of nitrogens with two attached hydrogens (primary N) is 1. The van der Waals surface area contributed by atoms with E-state index >= 15 is 0 Å². The molecule has 0 aromatic heterocycles. The number of carbonyl (C=O) groups is 5. The van der Waals surface area contributed by atoms with Crippen molar-refractivity contribution in [3.8, 4) is 5.75 Å². The molecule has 2 aliphatic rings. The number of benzene rings is 1. The lowest BCUT2D eigenvalue weighted by atomic mass is 10.1. The maximum atomic E-state index is 12.6. The minimum atomic E-state index is -1.24. The van der Waals surface area contributed by atoms with Crippen LogP contribution >= 0.6 is 0 Å². The average Bonchev–Trinajstić information content (AvgIpc) is 2.78. The van der Waals surface area contributed by atoms with E-state index in [-0.39, 0.29) is 16.9 Å². The smallest absolute Gasteiger partial charge is 0.266 e. The molecule has 1 aromatic carbocycles. The zero-order valence-electron chi connectivity index (χ0n) is 12.1. The standard InChI is InChI=1S/C15H11N3O6/c16-10(19)6-24-9-3-1-2-7-12(9)15(23)18(14(7)22)8-4-5-11(20)17-13(8)21/h1-5,8H,6H2,(H2,16,19)(H,17,20,21). The van der Waals surface area contributed by atoms with Crippen molar-refractivity contribution in [1.82, 2.24) is 10.2 Å². The fourth-order valence-electron chi connectivity index (χ4n) is 2.50. The van der Waals surface area contributed by atoms with Gasteiger partial charge in [-0.05, 0) is 18.2 Å². The molecule has 3 N–H and O–H groups in total. The van der Waals surface area contributed by atoms with E-state index in [2.05, 4.69) is 0 Å². The normalized spacial score (nSPS) is 19.3. The highest BCUT2D eigenvalue weighted by Gasteiger charge is 2.44. The molecule has 9 nitrogen and oxygen atoms in total. The predicted octanol–water partition coefficient (Wildman–Crippen LogP) is -1.27. The SMILES string of the molecule is NC(=O)COc1cccc2c1C(=O)N(C1C=CC(=O)NC1=O)C2=O. The van der Waals surface area contributed by atoms with E-state index in [4.69, 9.17) is 10.5 Å². The molecular weight excluding hydrogens is 318 g/mol. The van der Waals surface area contributed by atoms with Gasteiger partial charge >= 0.3 is 0 Å². The highest BCUT2D eigenvalue weighted by Crippen LogP contribution is 2.32. The van der Waals surface area contributed by atoms with Crippen LogP contribution in [0.2, 0.25) is 0 Å². The first-order valence-corrected chi connectivity index (χ1v) is 6.85. The van der Waals surface area contributed by atoms with Crippen LogP contribution in [0, 0.1) is 0 Å². The molecular formula is C15H11N3O6. The van der Waals surface area contributed by atoms with E-state index in [1.54, 1.807) is 0 Å². The fourth-order valence-corrected chi connectivity index (χ4v) is 2.50. The van der Waals surface area contributed by atoms with Gasteiger partial charge in [0.2, 0.25) is 5.91 Å². The zero-order valence-corrected chi connectivity index (χ0v) is 12.1. The molecule has 1 aromatic rings. The van der Waals surface area contributed by atoms with Crippen LogP contribution in [0.4, 0.5) is 0 Å². The Bertz CT molecular complexity index is 828. The van der Waals surface area contributed by atoms with Crippen LogP contribution in [0.1, 0.15) is 20.7 Å². The van der Waals surface area contributed by atoms with Crippen LogP contribution in [-0.2, 0) is 14.4 Å². The summed E-state index contributed by atoms with van der Waals surface area (Å²) in [6, 6.07) is 3.06. The Kier molecular flexibility index (Phi) is 3.60. The number of nitrogens with one attached hydrogen (secondary N) is 1. The van der Waals surface area contributed by atoms with Gasteiger partial charge in [0.15, 0.2) is 6.61 Å². The Hall–Kier alpha value is -3.49. The number of amides is 5. The second-order valence-electron chi connectivity index (χ2n) is 5.07. The van der Waals surface area contributed by atoms with Gasteiger partial charge in [-0.15, -0.1) is 0 Å². The molecule has 0 fully saturated rings. The second-order valence-corrected chi connectivity index (χ2v) is 5.07. The molecule has 0 aliphatic carbocycles. The maximum absolute atomic E-state index is 12.6. The van der Waals surface area contributed by atoms with Crippen LogP contribution in [0.5, 0.6) is 5.75 Å². The molecule has 1 atom stereocenters. The van der Waals surface area contributed by atoms with Gasteiger partial charge in [0.25, 0.3) is 23.6 Å². The average molecular weight is 329 g/mol. The van der Waals surface area contributed by atoms with Crippen molar-refractivity contribution in [2.45, 2.75) is 6.04 Å². The quantitative estimate of drug-likeness (QED) is 0.661. The van der Waals surface area contributed by atoms with Gasteiger partial charge in [-0.1, -0.05) is 6.07 Å². The van der Waals surface area contributed by atoms with Crippen molar-refractivity contribution in [3.63, 3.8) is 0 Å². The van der Waals surface area contributed by atoms with Gasteiger partial charge in [0.1, 0.15) is 11.8 Å². The largest absolute Gasteiger partial charge is 0.483 e. The summed E-state index contributed by atoms with van der Waals surface area (Å²) in [7, 11) is 0. The Morgan fingerprint density at radius 1 is 1.21 bits per heavy atom. The Morgan fingerprint density at radius 2 is 1.96 bits per heavy atom. The fraction of sp³-hybridized carbons (Fsp3) is 0.133. The number of imide groups is 2. The van der Waals surface area contributed by atoms with Crippen molar-refractivity contribution < 1.29 is 28.7 Å². The highest BCUT2D eigenvalue weighted by atomic mass is 16.5. The van der Waals surface area contributed by atoms with E-state index in [0.29, 0.717) is 0 Å². The molecule has 0 saturated carbocycles. The number of ether oxygens (including phenoxy) is 1. The van der Waals surface area contributed by atoms with Gasteiger partial charge in [-0.25, -0.2) is 0 Å². The molecule has 0 saturated heterocycles. The van der Waals surface area contributed by atoms with Crippen LogP contribution in [-0.4, -0.2) is 47.1 Å². The summed E-state index contributed by atoms with van der Waals surface area (Å²) in [6.45, 7) is -0.462. The molecule has 9 heteroatoms. The summed E-state index contributed by atoms with van der Waals surface area (Å²) in [5, 5.41) is 2.03. The molecule has 24 heavy (non-hydrogen) atoms. The number of nitrogens with zero attached hydrogens (tertiary/aromatic N) is 1. The Labute approximate surface area is 135 Å². The topological polar surface area (TPSA) is 136 Å². The summed E-state index contributed by atoms with van der Waals surface area (Å²) in [6.07, 6.45) is 2.24. The van der Waals surface area contributed by atoms with Crippen LogP contribution in [0.25, 0.3) is 0 Å². The number of hydrogen-bond acceptors (Lipinski definition) is 6. The third-order valence-corrected chi connectivity index (χ3v) is 3.50. The van der Waals surface area contributed by atoms with E-state index in [9.17, 15) is 24.0 Å². The predicted molar refractivity (Wildman–Crippen MR) is 77.7 cm³/mol. The minimum Gasteiger partial charge on any atom is -0.483 e. The van der Waals surface area contributed by atoms with Crippen LogP contribution in [0.15, 0.2) is 30.4 Å². The van der Waals surface area contributed by atoms with E-state index < -0.39 is 42.2 Å².